The Morgan fingerprint density at radius 2 is 0.935 bits per heavy atom. The first-order chi connectivity index (χ1) is 15.0. The van der Waals surface area contributed by atoms with Crippen LogP contribution in [0.5, 0.6) is 11.5 Å². The van der Waals surface area contributed by atoms with Gasteiger partial charge >= 0.3 is 0 Å². The molecule has 2 aromatic rings. The van der Waals surface area contributed by atoms with Gasteiger partial charge in [-0.05, 0) is 119 Å². The molecule has 0 unspecified atom stereocenters. The second-order valence-electron chi connectivity index (χ2n) is 9.43. The lowest BCUT2D eigenvalue weighted by Crippen LogP contribution is -2.34. The van der Waals surface area contributed by atoms with E-state index >= 15 is 0 Å². The summed E-state index contributed by atoms with van der Waals surface area (Å²) in [6, 6.07) is 9.20. The van der Waals surface area contributed by atoms with Crippen LogP contribution in [0.15, 0.2) is 24.3 Å². The van der Waals surface area contributed by atoms with Crippen molar-refractivity contribution in [2.24, 2.45) is 0 Å². The molecule has 2 aromatic carbocycles. The predicted octanol–water partition coefficient (Wildman–Crippen LogP) is 4.77. The largest absolute Gasteiger partial charge is 0.490 e. The molecule has 4 rings (SSSR count). The molecule has 4 nitrogen and oxygen atoms in total. The standard InChI is InChI=1S/C27H38N2O2/c1-18-13-22(14-19(2)26(18)30-24-5-9-28-10-6-24)17-23-15-20(3)27(21(4)16-23)31-25-7-11-29-12-8-25/h13-16,24-25,28-29H,5-12,17H2,1-4H3. The maximum Gasteiger partial charge on any atom is 0.125 e. The summed E-state index contributed by atoms with van der Waals surface area (Å²) in [7, 11) is 0. The van der Waals surface area contributed by atoms with Crippen LogP contribution in [0.25, 0.3) is 0 Å². The fourth-order valence-electron chi connectivity index (χ4n) is 5.05. The fraction of sp³-hybridized carbons (Fsp3) is 0.556. The molecule has 31 heavy (non-hydrogen) atoms. The smallest absolute Gasteiger partial charge is 0.125 e. The van der Waals surface area contributed by atoms with Crippen LogP contribution in [-0.4, -0.2) is 38.4 Å². The van der Waals surface area contributed by atoms with Crippen molar-refractivity contribution >= 4 is 0 Å². The monoisotopic (exact) mass is 422 g/mol. The van der Waals surface area contributed by atoms with Crippen molar-refractivity contribution in [3.63, 3.8) is 0 Å². The Morgan fingerprint density at radius 3 is 1.26 bits per heavy atom. The number of piperidine rings is 2. The third kappa shape index (κ3) is 5.61. The normalized spacial score (nSPS) is 18.2. The maximum atomic E-state index is 6.39. The predicted molar refractivity (Wildman–Crippen MR) is 128 cm³/mol. The quantitative estimate of drug-likeness (QED) is 0.704. The maximum absolute atomic E-state index is 6.39. The topological polar surface area (TPSA) is 42.5 Å². The minimum atomic E-state index is 0.335. The van der Waals surface area contributed by atoms with E-state index in [1.54, 1.807) is 0 Å². The lowest BCUT2D eigenvalue weighted by Gasteiger charge is -2.26. The van der Waals surface area contributed by atoms with Gasteiger partial charge in [-0.25, -0.2) is 0 Å². The molecule has 0 bridgehead atoms. The Hall–Kier alpha value is -2.04. The van der Waals surface area contributed by atoms with E-state index in [1.807, 2.05) is 0 Å². The molecule has 0 spiro atoms. The van der Waals surface area contributed by atoms with Gasteiger partial charge in [0.2, 0.25) is 0 Å². The molecular weight excluding hydrogens is 384 g/mol. The Labute approximate surface area is 187 Å². The summed E-state index contributed by atoms with van der Waals surface area (Å²) in [6.45, 7) is 12.9. The van der Waals surface area contributed by atoms with Crippen LogP contribution in [0, 0.1) is 27.7 Å². The number of hydrogen-bond donors (Lipinski definition) is 2. The van der Waals surface area contributed by atoms with Crippen LogP contribution in [0.1, 0.15) is 59.1 Å². The average molecular weight is 423 g/mol. The first-order valence-electron chi connectivity index (χ1n) is 11.9. The number of ether oxygens (including phenoxy) is 2. The van der Waals surface area contributed by atoms with Crippen molar-refractivity contribution in [2.45, 2.75) is 72.0 Å². The van der Waals surface area contributed by atoms with E-state index in [2.05, 4.69) is 62.6 Å². The SMILES string of the molecule is Cc1cc(Cc2cc(C)c(OC3CCNCC3)c(C)c2)cc(C)c1OC1CCNCC1. The molecule has 2 heterocycles. The van der Waals surface area contributed by atoms with E-state index in [1.165, 1.54) is 33.4 Å². The second-order valence-corrected chi connectivity index (χ2v) is 9.43. The van der Waals surface area contributed by atoms with Gasteiger partial charge in [-0.2, -0.15) is 0 Å². The van der Waals surface area contributed by atoms with Gasteiger partial charge < -0.3 is 20.1 Å². The van der Waals surface area contributed by atoms with E-state index in [0.29, 0.717) is 12.2 Å². The van der Waals surface area contributed by atoms with Gasteiger partial charge in [0.1, 0.15) is 23.7 Å². The highest BCUT2D eigenvalue weighted by Gasteiger charge is 2.19. The van der Waals surface area contributed by atoms with Crippen molar-refractivity contribution in [1.29, 1.82) is 0 Å². The zero-order chi connectivity index (χ0) is 21.8. The third-order valence-electron chi connectivity index (χ3n) is 6.59. The van der Waals surface area contributed by atoms with Crippen molar-refractivity contribution < 1.29 is 9.47 Å². The summed E-state index contributed by atoms with van der Waals surface area (Å²) in [5.74, 6) is 2.16. The zero-order valence-corrected chi connectivity index (χ0v) is 19.6. The highest BCUT2D eigenvalue weighted by Crippen LogP contribution is 2.31. The minimum Gasteiger partial charge on any atom is -0.490 e. The van der Waals surface area contributed by atoms with Crippen molar-refractivity contribution in [3.05, 3.63) is 57.6 Å². The van der Waals surface area contributed by atoms with Crippen molar-refractivity contribution in [2.75, 3.05) is 26.2 Å². The molecule has 2 N–H and O–H groups in total. The molecule has 2 aliphatic rings. The van der Waals surface area contributed by atoms with Crippen LogP contribution in [0.4, 0.5) is 0 Å². The van der Waals surface area contributed by atoms with Crippen LogP contribution in [0.3, 0.4) is 0 Å². The molecule has 168 valence electrons. The van der Waals surface area contributed by atoms with Crippen LogP contribution in [-0.2, 0) is 6.42 Å². The molecule has 2 fully saturated rings. The first-order valence-corrected chi connectivity index (χ1v) is 11.9. The van der Waals surface area contributed by atoms with Gasteiger partial charge in [-0.1, -0.05) is 24.3 Å². The molecule has 2 aliphatic heterocycles. The third-order valence-corrected chi connectivity index (χ3v) is 6.59. The average Bonchev–Trinajstić information content (AvgIpc) is 2.75. The summed E-state index contributed by atoms with van der Waals surface area (Å²) in [5, 5.41) is 6.82. The van der Waals surface area contributed by atoms with E-state index in [4.69, 9.17) is 9.47 Å². The fourth-order valence-corrected chi connectivity index (χ4v) is 5.05. The van der Waals surface area contributed by atoms with Gasteiger partial charge in [0, 0.05) is 0 Å². The summed E-state index contributed by atoms with van der Waals surface area (Å²) in [5.41, 5.74) is 7.67. The number of aryl methyl sites for hydroxylation is 4. The minimum absolute atomic E-state index is 0.335. The molecule has 2 saturated heterocycles. The van der Waals surface area contributed by atoms with Gasteiger partial charge in [-0.15, -0.1) is 0 Å². The number of rotatable bonds is 6. The lowest BCUT2D eigenvalue weighted by molar-refractivity contribution is 0.160. The molecular formula is C27H38N2O2. The van der Waals surface area contributed by atoms with Crippen LogP contribution >= 0.6 is 0 Å². The highest BCUT2D eigenvalue weighted by molar-refractivity contribution is 5.48. The Bertz CT molecular complexity index is 777. The van der Waals surface area contributed by atoms with E-state index in [9.17, 15) is 0 Å². The molecule has 0 aliphatic carbocycles. The molecule has 0 aromatic heterocycles. The molecule has 0 atom stereocenters. The van der Waals surface area contributed by atoms with Gasteiger partial charge in [0.05, 0.1) is 0 Å². The Kier molecular flexibility index (Phi) is 7.19. The van der Waals surface area contributed by atoms with Gasteiger partial charge in [0.15, 0.2) is 0 Å². The first kappa shape index (κ1) is 22.2. The second kappa shape index (κ2) is 10.1. The molecule has 0 radical (unpaired) electrons. The Balaban J connectivity index is 1.47. The lowest BCUT2D eigenvalue weighted by atomic mass is 9.96. The summed E-state index contributed by atoms with van der Waals surface area (Å²) in [6.07, 6.45) is 5.96. The van der Waals surface area contributed by atoms with E-state index < -0.39 is 0 Å². The summed E-state index contributed by atoms with van der Waals surface area (Å²) in [4.78, 5) is 0. The molecule has 0 saturated carbocycles. The molecule has 4 heteroatoms. The summed E-state index contributed by atoms with van der Waals surface area (Å²) < 4.78 is 12.8. The van der Waals surface area contributed by atoms with Crippen LogP contribution < -0.4 is 20.1 Å². The summed E-state index contributed by atoms with van der Waals surface area (Å²) >= 11 is 0. The Morgan fingerprint density at radius 1 is 0.613 bits per heavy atom. The zero-order valence-electron chi connectivity index (χ0n) is 19.6. The van der Waals surface area contributed by atoms with Gasteiger partial charge in [0.25, 0.3) is 0 Å². The van der Waals surface area contributed by atoms with Crippen molar-refractivity contribution in [3.8, 4) is 11.5 Å². The number of benzene rings is 2. The van der Waals surface area contributed by atoms with Gasteiger partial charge in [-0.3, -0.25) is 0 Å². The van der Waals surface area contributed by atoms with Crippen molar-refractivity contribution in [1.82, 2.24) is 10.6 Å². The number of nitrogens with one attached hydrogen (secondary N) is 2. The van der Waals surface area contributed by atoms with E-state index in [0.717, 1.165) is 69.8 Å². The van der Waals surface area contributed by atoms with E-state index in [-0.39, 0.29) is 0 Å². The number of hydrogen-bond acceptors (Lipinski definition) is 4. The molecule has 0 amide bonds. The van der Waals surface area contributed by atoms with Crippen LogP contribution in [0.2, 0.25) is 0 Å². The highest BCUT2D eigenvalue weighted by atomic mass is 16.5.